The maximum absolute atomic E-state index is 12.6. The van der Waals surface area contributed by atoms with Crippen LogP contribution in [0, 0.1) is 0 Å². The number of pyridine rings is 1. The van der Waals surface area contributed by atoms with Crippen LogP contribution in [0.25, 0.3) is 0 Å². The van der Waals surface area contributed by atoms with E-state index in [1.54, 1.807) is 47.5 Å². The maximum Gasteiger partial charge on any atom is 0.270 e. The molecule has 2 amide bonds. The van der Waals surface area contributed by atoms with Crippen LogP contribution in [0.15, 0.2) is 42.6 Å². The number of halogens is 2. The Balaban J connectivity index is 1.57. The summed E-state index contributed by atoms with van der Waals surface area (Å²) >= 11 is 12.1. The summed E-state index contributed by atoms with van der Waals surface area (Å²) in [6.45, 7) is 1.10. The van der Waals surface area contributed by atoms with Crippen LogP contribution in [0.3, 0.4) is 0 Å². The number of likely N-dealkylation sites (tertiary alicyclic amines) is 1. The number of aromatic nitrogens is 1. The largest absolute Gasteiger partial charge is 0.348 e. The zero-order valence-corrected chi connectivity index (χ0v) is 14.9. The predicted octanol–water partition coefficient (Wildman–Crippen LogP) is 3.42. The standard InChI is InChI=1S/C18H17Cl2N3O2/c19-12-4-5-15(20)14(11-12)18(25)23-9-6-13(7-10-23)22-17(24)16-3-1-2-8-21-16/h1-5,8,11,13H,6-7,9-10H2,(H,22,24). The molecule has 25 heavy (non-hydrogen) atoms. The number of carbonyl (C=O) groups excluding carboxylic acids is 2. The van der Waals surface area contributed by atoms with E-state index in [0.29, 0.717) is 47.2 Å². The summed E-state index contributed by atoms with van der Waals surface area (Å²) < 4.78 is 0. The van der Waals surface area contributed by atoms with Crippen LogP contribution in [0.1, 0.15) is 33.7 Å². The Morgan fingerprint density at radius 1 is 1.12 bits per heavy atom. The lowest BCUT2D eigenvalue weighted by Crippen LogP contribution is -2.46. The summed E-state index contributed by atoms with van der Waals surface area (Å²) in [7, 11) is 0. The van der Waals surface area contributed by atoms with Crippen molar-refractivity contribution in [1.29, 1.82) is 0 Å². The van der Waals surface area contributed by atoms with E-state index in [1.807, 2.05) is 0 Å². The Kier molecular flexibility index (Phi) is 5.56. The van der Waals surface area contributed by atoms with Crippen molar-refractivity contribution in [3.05, 3.63) is 63.9 Å². The van der Waals surface area contributed by atoms with E-state index in [2.05, 4.69) is 10.3 Å². The number of rotatable bonds is 3. The van der Waals surface area contributed by atoms with Crippen molar-refractivity contribution in [2.45, 2.75) is 18.9 Å². The molecule has 0 bridgehead atoms. The summed E-state index contributed by atoms with van der Waals surface area (Å²) in [5.41, 5.74) is 0.803. The fraction of sp³-hybridized carbons (Fsp3) is 0.278. The Hall–Kier alpha value is -2.11. The van der Waals surface area contributed by atoms with E-state index < -0.39 is 0 Å². The molecule has 1 aliphatic rings. The SMILES string of the molecule is O=C(NC1CCN(C(=O)c2cc(Cl)ccc2Cl)CC1)c1ccccn1. The monoisotopic (exact) mass is 377 g/mol. The van der Waals surface area contributed by atoms with E-state index >= 15 is 0 Å². The average Bonchev–Trinajstić information content (AvgIpc) is 2.64. The number of amides is 2. The van der Waals surface area contributed by atoms with Crippen molar-refractivity contribution >= 4 is 35.0 Å². The number of carbonyl (C=O) groups is 2. The molecule has 7 heteroatoms. The molecule has 130 valence electrons. The number of hydrogen-bond donors (Lipinski definition) is 1. The molecule has 1 aromatic heterocycles. The minimum Gasteiger partial charge on any atom is -0.348 e. The fourth-order valence-corrected chi connectivity index (χ4v) is 3.19. The van der Waals surface area contributed by atoms with Gasteiger partial charge in [0.25, 0.3) is 11.8 Å². The molecule has 1 N–H and O–H groups in total. The molecular weight excluding hydrogens is 361 g/mol. The normalized spacial score (nSPS) is 15.0. The summed E-state index contributed by atoms with van der Waals surface area (Å²) in [6, 6.07) is 10.1. The molecule has 3 rings (SSSR count). The lowest BCUT2D eigenvalue weighted by molar-refractivity contribution is 0.0698. The first-order valence-corrected chi connectivity index (χ1v) is 8.76. The van der Waals surface area contributed by atoms with Gasteiger partial charge in [-0.2, -0.15) is 0 Å². The first-order valence-electron chi connectivity index (χ1n) is 8.01. The molecule has 2 aromatic rings. The second-order valence-corrected chi connectivity index (χ2v) is 6.72. The van der Waals surface area contributed by atoms with E-state index in [9.17, 15) is 9.59 Å². The molecular formula is C18H17Cl2N3O2. The first kappa shape index (κ1) is 17.7. The van der Waals surface area contributed by atoms with Gasteiger partial charge in [0.15, 0.2) is 0 Å². The molecule has 0 saturated carbocycles. The Labute approximate surface area is 155 Å². The van der Waals surface area contributed by atoms with Crippen molar-refractivity contribution in [3.63, 3.8) is 0 Å². The van der Waals surface area contributed by atoms with Gasteiger partial charge in [-0.05, 0) is 43.2 Å². The van der Waals surface area contributed by atoms with Crippen molar-refractivity contribution in [2.75, 3.05) is 13.1 Å². The lowest BCUT2D eigenvalue weighted by Gasteiger charge is -2.32. The zero-order chi connectivity index (χ0) is 17.8. The topological polar surface area (TPSA) is 62.3 Å². The maximum atomic E-state index is 12.6. The summed E-state index contributed by atoms with van der Waals surface area (Å²) in [4.78, 5) is 30.5. The smallest absolute Gasteiger partial charge is 0.270 e. The molecule has 0 radical (unpaired) electrons. The average molecular weight is 378 g/mol. The van der Waals surface area contributed by atoms with Gasteiger partial charge in [-0.1, -0.05) is 29.3 Å². The lowest BCUT2D eigenvalue weighted by atomic mass is 10.0. The Bertz CT molecular complexity index is 775. The molecule has 1 aliphatic heterocycles. The van der Waals surface area contributed by atoms with Gasteiger partial charge >= 0.3 is 0 Å². The van der Waals surface area contributed by atoms with Gasteiger partial charge in [0.1, 0.15) is 5.69 Å². The quantitative estimate of drug-likeness (QED) is 0.890. The van der Waals surface area contributed by atoms with Crippen LogP contribution in [0.4, 0.5) is 0 Å². The van der Waals surface area contributed by atoms with Crippen molar-refractivity contribution < 1.29 is 9.59 Å². The number of benzene rings is 1. The highest BCUT2D eigenvalue weighted by Crippen LogP contribution is 2.23. The molecule has 1 aromatic carbocycles. The van der Waals surface area contributed by atoms with Gasteiger partial charge in [0.05, 0.1) is 10.6 Å². The Morgan fingerprint density at radius 3 is 2.56 bits per heavy atom. The van der Waals surface area contributed by atoms with E-state index in [0.717, 1.165) is 0 Å². The van der Waals surface area contributed by atoms with Gasteiger partial charge in [0.2, 0.25) is 0 Å². The number of nitrogens with zero attached hydrogens (tertiary/aromatic N) is 2. The van der Waals surface area contributed by atoms with E-state index in [4.69, 9.17) is 23.2 Å². The zero-order valence-electron chi connectivity index (χ0n) is 13.4. The number of nitrogens with one attached hydrogen (secondary N) is 1. The van der Waals surface area contributed by atoms with Gasteiger partial charge in [-0.25, -0.2) is 0 Å². The molecule has 0 aliphatic carbocycles. The predicted molar refractivity (Wildman–Crippen MR) is 97.1 cm³/mol. The third kappa shape index (κ3) is 4.30. The minimum absolute atomic E-state index is 0.0217. The van der Waals surface area contributed by atoms with Crippen LogP contribution in [0.5, 0.6) is 0 Å². The molecule has 0 unspecified atom stereocenters. The second kappa shape index (κ2) is 7.85. The van der Waals surface area contributed by atoms with Gasteiger partial charge in [-0.15, -0.1) is 0 Å². The van der Waals surface area contributed by atoms with E-state index in [1.165, 1.54) is 0 Å². The van der Waals surface area contributed by atoms with Crippen LogP contribution in [0.2, 0.25) is 10.0 Å². The van der Waals surface area contributed by atoms with Crippen molar-refractivity contribution in [3.8, 4) is 0 Å². The van der Waals surface area contributed by atoms with Gasteiger partial charge in [0, 0.05) is 30.4 Å². The van der Waals surface area contributed by atoms with Gasteiger partial charge in [-0.3, -0.25) is 14.6 Å². The molecule has 0 atom stereocenters. The van der Waals surface area contributed by atoms with Crippen molar-refractivity contribution in [1.82, 2.24) is 15.2 Å². The third-order valence-electron chi connectivity index (χ3n) is 4.17. The van der Waals surface area contributed by atoms with Crippen LogP contribution >= 0.6 is 23.2 Å². The van der Waals surface area contributed by atoms with Crippen molar-refractivity contribution in [2.24, 2.45) is 0 Å². The molecule has 1 saturated heterocycles. The van der Waals surface area contributed by atoms with Crippen LogP contribution < -0.4 is 5.32 Å². The highest BCUT2D eigenvalue weighted by atomic mass is 35.5. The van der Waals surface area contributed by atoms with Gasteiger partial charge < -0.3 is 10.2 Å². The molecule has 1 fully saturated rings. The Morgan fingerprint density at radius 2 is 1.88 bits per heavy atom. The first-order chi connectivity index (χ1) is 12.0. The van der Waals surface area contributed by atoms with E-state index in [-0.39, 0.29) is 17.9 Å². The summed E-state index contributed by atoms with van der Waals surface area (Å²) in [5, 5.41) is 3.83. The van der Waals surface area contributed by atoms with Crippen LogP contribution in [-0.4, -0.2) is 40.8 Å². The summed E-state index contributed by atoms with van der Waals surface area (Å²) in [5.74, 6) is -0.328. The molecule has 2 heterocycles. The molecule has 5 nitrogen and oxygen atoms in total. The third-order valence-corrected chi connectivity index (χ3v) is 4.74. The number of hydrogen-bond acceptors (Lipinski definition) is 3. The van der Waals surface area contributed by atoms with Crippen LogP contribution in [-0.2, 0) is 0 Å². The highest BCUT2D eigenvalue weighted by Gasteiger charge is 2.26. The highest BCUT2D eigenvalue weighted by molar-refractivity contribution is 6.35. The minimum atomic E-state index is -0.191. The summed E-state index contributed by atoms with van der Waals surface area (Å²) in [6.07, 6.45) is 2.95. The molecule has 0 spiro atoms. The number of piperidine rings is 1. The fourth-order valence-electron chi connectivity index (χ4n) is 2.82. The second-order valence-electron chi connectivity index (χ2n) is 5.88.